The Balaban J connectivity index is 2.58. The van der Waals surface area contributed by atoms with Crippen LogP contribution in [-0.4, -0.2) is 23.4 Å². The van der Waals surface area contributed by atoms with Gasteiger partial charge in [-0.1, -0.05) is 36.7 Å². The molecule has 1 aromatic heterocycles. The Labute approximate surface area is 131 Å². The molecule has 0 fully saturated rings. The van der Waals surface area contributed by atoms with Gasteiger partial charge >= 0.3 is 0 Å². The van der Waals surface area contributed by atoms with Gasteiger partial charge < -0.3 is 10.1 Å². The van der Waals surface area contributed by atoms with Gasteiger partial charge in [0.25, 0.3) is 0 Å². The van der Waals surface area contributed by atoms with Gasteiger partial charge in [-0.2, -0.15) is 5.10 Å². The molecule has 0 amide bonds. The van der Waals surface area contributed by atoms with E-state index in [9.17, 15) is 0 Å². The first-order chi connectivity index (χ1) is 10.1. The first-order valence-electron chi connectivity index (χ1n) is 7.22. The van der Waals surface area contributed by atoms with Gasteiger partial charge in [-0.05, 0) is 31.5 Å². The fourth-order valence-corrected chi connectivity index (χ4v) is 2.76. The van der Waals surface area contributed by atoms with Gasteiger partial charge in [0.05, 0.1) is 19.3 Å². The highest BCUT2D eigenvalue weighted by molar-refractivity contribution is 6.32. The molecule has 4 nitrogen and oxygen atoms in total. The maximum absolute atomic E-state index is 6.52. The van der Waals surface area contributed by atoms with E-state index >= 15 is 0 Å². The minimum atomic E-state index is -0.0419. The number of halogens is 1. The second-order valence-electron chi connectivity index (χ2n) is 4.88. The summed E-state index contributed by atoms with van der Waals surface area (Å²) in [4.78, 5) is 0. The quantitative estimate of drug-likeness (QED) is 0.886. The second-order valence-corrected chi connectivity index (χ2v) is 5.26. The minimum Gasteiger partial charge on any atom is -0.493 e. The van der Waals surface area contributed by atoms with Gasteiger partial charge in [-0.3, -0.25) is 4.68 Å². The molecular formula is C16H22ClN3O. The Hall–Kier alpha value is -1.52. The van der Waals surface area contributed by atoms with Crippen molar-refractivity contribution in [3.8, 4) is 5.75 Å². The van der Waals surface area contributed by atoms with Crippen molar-refractivity contribution in [2.24, 2.45) is 0 Å². The Morgan fingerprint density at radius 2 is 2.14 bits per heavy atom. The molecule has 0 saturated carbocycles. The van der Waals surface area contributed by atoms with E-state index in [1.54, 1.807) is 13.3 Å². The monoisotopic (exact) mass is 307 g/mol. The SMILES string of the molecule is CCNC(c1cccc(C)c1Cl)c1c(OC)cnn1CC. The Kier molecular flexibility index (Phi) is 5.26. The number of hydrogen-bond donors (Lipinski definition) is 1. The van der Waals surface area contributed by atoms with E-state index in [0.29, 0.717) is 0 Å². The van der Waals surface area contributed by atoms with Crippen LogP contribution in [0.15, 0.2) is 24.4 Å². The van der Waals surface area contributed by atoms with Crippen LogP contribution in [0.2, 0.25) is 5.02 Å². The number of rotatable bonds is 6. The summed E-state index contributed by atoms with van der Waals surface area (Å²) in [5, 5.41) is 8.67. The molecule has 2 rings (SSSR count). The van der Waals surface area contributed by atoms with Crippen molar-refractivity contribution >= 4 is 11.6 Å². The van der Waals surface area contributed by atoms with Crippen molar-refractivity contribution in [1.82, 2.24) is 15.1 Å². The van der Waals surface area contributed by atoms with Crippen molar-refractivity contribution in [2.75, 3.05) is 13.7 Å². The highest BCUT2D eigenvalue weighted by atomic mass is 35.5. The zero-order chi connectivity index (χ0) is 15.4. The number of nitrogens with one attached hydrogen (secondary N) is 1. The zero-order valence-electron chi connectivity index (χ0n) is 13.0. The fourth-order valence-electron chi connectivity index (χ4n) is 2.53. The van der Waals surface area contributed by atoms with Crippen molar-refractivity contribution in [2.45, 2.75) is 33.4 Å². The van der Waals surface area contributed by atoms with Gasteiger partial charge in [0.15, 0.2) is 5.75 Å². The molecule has 21 heavy (non-hydrogen) atoms. The van der Waals surface area contributed by atoms with Crippen LogP contribution in [0.5, 0.6) is 5.75 Å². The number of benzene rings is 1. The van der Waals surface area contributed by atoms with Gasteiger partial charge in [-0.25, -0.2) is 0 Å². The lowest BCUT2D eigenvalue weighted by Gasteiger charge is -2.22. The Morgan fingerprint density at radius 1 is 1.38 bits per heavy atom. The van der Waals surface area contributed by atoms with E-state index in [0.717, 1.165) is 40.7 Å². The van der Waals surface area contributed by atoms with E-state index in [2.05, 4.69) is 30.3 Å². The van der Waals surface area contributed by atoms with Crippen LogP contribution in [0.3, 0.4) is 0 Å². The molecule has 0 aliphatic rings. The lowest BCUT2D eigenvalue weighted by atomic mass is 10.0. The maximum Gasteiger partial charge on any atom is 0.161 e. The van der Waals surface area contributed by atoms with Crippen LogP contribution >= 0.6 is 11.6 Å². The lowest BCUT2D eigenvalue weighted by molar-refractivity contribution is 0.399. The summed E-state index contributed by atoms with van der Waals surface area (Å²) in [6, 6.07) is 6.05. The van der Waals surface area contributed by atoms with Crippen LogP contribution in [0, 0.1) is 6.92 Å². The van der Waals surface area contributed by atoms with Crippen LogP contribution < -0.4 is 10.1 Å². The third kappa shape index (κ3) is 3.06. The lowest BCUT2D eigenvalue weighted by Crippen LogP contribution is -2.25. The first kappa shape index (κ1) is 15.9. The molecule has 2 aromatic rings. The third-order valence-corrected chi connectivity index (χ3v) is 4.10. The van der Waals surface area contributed by atoms with E-state index in [1.165, 1.54) is 0 Å². The first-order valence-corrected chi connectivity index (χ1v) is 7.59. The zero-order valence-corrected chi connectivity index (χ0v) is 13.7. The molecule has 0 saturated heterocycles. The van der Waals surface area contributed by atoms with Gasteiger partial charge in [-0.15, -0.1) is 0 Å². The molecule has 1 atom stereocenters. The predicted molar refractivity (Wildman–Crippen MR) is 86.2 cm³/mol. The Bertz CT molecular complexity index is 588. The van der Waals surface area contributed by atoms with Crippen molar-refractivity contribution in [3.05, 3.63) is 46.2 Å². The second kappa shape index (κ2) is 6.96. The number of aromatic nitrogens is 2. The molecule has 1 unspecified atom stereocenters. The average Bonchev–Trinajstić information content (AvgIpc) is 2.90. The van der Waals surface area contributed by atoms with E-state index < -0.39 is 0 Å². The molecule has 1 heterocycles. The highest BCUT2D eigenvalue weighted by Crippen LogP contribution is 2.34. The minimum absolute atomic E-state index is 0.0419. The summed E-state index contributed by atoms with van der Waals surface area (Å²) in [7, 11) is 1.67. The molecule has 0 bridgehead atoms. The predicted octanol–water partition coefficient (Wildman–Crippen LogP) is 3.57. The summed E-state index contributed by atoms with van der Waals surface area (Å²) in [6.45, 7) is 7.77. The van der Waals surface area contributed by atoms with Gasteiger partial charge in [0, 0.05) is 11.6 Å². The molecule has 0 aliphatic heterocycles. The van der Waals surface area contributed by atoms with Gasteiger partial charge in [0.1, 0.15) is 5.69 Å². The Morgan fingerprint density at radius 3 is 2.76 bits per heavy atom. The van der Waals surface area contributed by atoms with Crippen LogP contribution in [-0.2, 0) is 6.54 Å². The molecule has 114 valence electrons. The molecule has 5 heteroatoms. The average molecular weight is 308 g/mol. The fraction of sp³-hybridized carbons (Fsp3) is 0.438. The topological polar surface area (TPSA) is 39.1 Å². The van der Waals surface area contributed by atoms with Crippen LogP contribution in [0.25, 0.3) is 0 Å². The molecule has 1 aromatic carbocycles. The largest absolute Gasteiger partial charge is 0.493 e. The number of aryl methyl sites for hydroxylation is 2. The van der Waals surface area contributed by atoms with Crippen LogP contribution in [0.1, 0.15) is 36.7 Å². The number of methoxy groups -OCH3 is 1. The number of hydrogen-bond acceptors (Lipinski definition) is 3. The number of ether oxygens (including phenoxy) is 1. The van der Waals surface area contributed by atoms with E-state index in [-0.39, 0.29) is 6.04 Å². The van der Waals surface area contributed by atoms with Crippen LogP contribution in [0.4, 0.5) is 0 Å². The van der Waals surface area contributed by atoms with Crippen molar-refractivity contribution in [1.29, 1.82) is 0 Å². The van der Waals surface area contributed by atoms with E-state index in [4.69, 9.17) is 16.3 Å². The molecular weight excluding hydrogens is 286 g/mol. The van der Waals surface area contributed by atoms with Crippen molar-refractivity contribution in [3.63, 3.8) is 0 Å². The summed E-state index contributed by atoms with van der Waals surface area (Å²) in [6.07, 6.45) is 1.76. The van der Waals surface area contributed by atoms with Crippen molar-refractivity contribution < 1.29 is 4.74 Å². The summed E-state index contributed by atoms with van der Waals surface area (Å²) < 4.78 is 7.43. The number of nitrogens with zero attached hydrogens (tertiary/aromatic N) is 2. The summed E-state index contributed by atoms with van der Waals surface area (Å²) in [5.41, 5.74) is 3.12. The maximum atomic E-state index is 6.52. The van der Waals surface area contributed by atoms with E-state index in [1.807, 2.05) is 23.7 Å². The highest BCUT2D eigenvalue weighted by Gasteiger charge is 2.24. The summed E-state index contributed by atoms with van der Waals surface area (Å²) in [5.74, 6) is 0.778. The standard InChI is InChI=1S/C16H22ClN3O/c1-5-18-15(12-9-7-8-11(3)14(12)17)16-13(21-4)10-19-20(16)6-2/h7-10,15,18H,5-6H2,1-4H3. The van der Waals surface area contributed by atoms with Gasteiger partial charge in [0.2, 0.25) is 0 Å². The molecule has 0 radical (unpaired) electrons. The third-order valence-electron chi connectivity index (χ3n) is 3.58. The molecule has 0 aliphatic carbocycles. The summed E-state index contributed by atoms with van der Waals surface area (Å²) >= 11 is 6.52. The normalized spacial score (nSPS) is 12.4. The molecule has 1 N–H and O–H groups in total. The smallest absolute Gasteiger partial charge is 0.161 e. The molecule has 0 spiro atoms.